The average molecular weight is 328 g/mol. The molecule has 0 unspecified atom stereocenters. The molecule has 0 amide bonds. The summed E-state index contributed by atoms with van der Waals surface area (Å²) in [6.07, 6.45) is 1.75. The van der Waals surface area contributed by atoms with Crippen molar-refractivity contribution in [2.75, 3.05) is 20.8 Å². The summed E-state index contributed by atoms with van der Waals surface area (Å²) >= 11 is 0. The average Bonchev–Trinajstić information content (AvgIpc) is 2.68. The van der Waals surface area contributed by atoms with Crippen molar-refractivity contribution in [2.24, 2.45) is 0 Å². The van der Waals surface area contributed by atoms with E-state index in [2.05, 4.69) is 29.8 Å². The molecule has 0 saturated heterocycles. The lowest BCUT2D eigenvalue weighted by molar-refractivity contribution is 0.0674. The van der Waals surface area contributed by atoms with Crippen molar-refractivity contribution < 1.29 is 14.2 Å². The number of nitrogens with zero attached hydrogens (tertiary/aromatic N) is 2. The Balaban J connectivity index is 1.90. The van der Waals surface area contributed by atoms with E-state index in [1.807, 2.05) is 24.3 Å². The van der Waals surface area contributed by atoms with Crippen LogP contribution < -0.4 is 14.2 Å². The van der Waals surface area contributed by atoms with Crippen LogP contribution in [0.5, 0.6) is 17.2 Å². The fraction of sp³-hybridized carbons (Fsp3) is 0.421. The molecule has 0 bridgehead atoms. The normalized spacial score (nSPS) is 16.7. The van der Waals surface area contributed by atoms with E-state index in [4.69, 9.17) is 14.2 Å². The number of rotatable bonds is 4. The van der Waals surface area contributed by atoms with E-state index in [1.54, 1.807) is 20.4 Å². The summed E-state index contributed by atoms with van der Waals surface area (Å²) in [5.41, 5.74) is 1.77. The van der Waals surface area contributed by atoms with Gasteiger partial charge < -0.3 is 14.2 Å². The lowest BCUT2D eigenvalue weighted by atomic mass is 10.1. The summed E-state index contributed by atoms with van der Waals surface area (Å²) < 4.78 is 17.1. The number of para-hydroxylation sites is 1. The van der Waals surface area contributed by atoms with Gasteiger partial charge in [0, 0.05) is 37.5 Å². The van der Waals surface area contributed by atoms with Gasteiger partial charge in [-0.1, -0.05) is 18.2 Å². The van der Waals surface area contributed by atoms with Crippen LogP contribution in [0.2, 0.25) is 0 Å². The standard InChI is InChI=1S/C19H24N2O3/c1-19(2)13-21(11-14-7-5-6-8-16(14)24-19)12-15-18(23-4)17(22-3)9-10-20-15/h5-10H,11-13H2,1-4H3. The molecule has 5 nitrogen and oxygen atoms in total. The zero-order chi connectivity index (χ0) is 17.2. The van der Waals surface area contributed by atoms with Gasteiger partial charge in [-0.15, -0.1) is 0 Å². The van der Waals surface area contributed by atoms with Crippen molar-refractivity contribution in [1.82, 2.24) is 9.88 Å². The van der Waals surface area contributed by atoms with Crippen LogP contribution >= 0.6 is 0 Å². The zero-order valence-electron chi connectivity index (χ0n) is 14.7. The summed E-state index contributed by atoms with van der Waals surface area (Å²) in [6, 6.07) is 10.0. The van der Waals surface area contributed by atoms with Gasteiger partial charge in [0.05, 0.1) is 14.2 Å². The lowest BCUT2D eigenvalue weighted by Gasteiger charge is -2.29. The number of fused-ring (bicyclic) bond motifs is 1. The minimum Gasteiger partial charge on any atom is -0.493 e. The van der Waals surface area contributed by atoms with Crippen LogP contribution in [0, 0.1) is 0 Å². The van der Waals surface area contributed by atoms with Crippen LogP contribution in [-0.2, 0) is 13.1 Å². The van der Waals surface area contributed by atoms with E-state index in [1.165, 1.54) is 5.56 Å². The highest BCUT2D eigenvalue weighted by Crippen LogP contribution is 2.33. The second kappa shape index (κ2) is 6.69. The molecule has 5 heteroatoms. The van der Waals surface area contributed by atoms with Crippen LogP contribution in [0.3, 0.4) is 0 Å². The molecule has 1 aliphatic heterocycles. The van der Waals surface area contributed by atoms with Crippen molar-refractivity contribution in [3.05, 3.63) is 47.8 Å². The highest BCUT2D eigenvalue weighted by atomic mass is 16.5. The van der Waals surface area contributed by atoms with E-state index < -0.39 is 0 Å². The van der Waals surface area contributed by atoms with Crippen LogP contribution in [-0.4, -0.2) is 36.2 Å². The van der Waals surface area contributed by atoms with Crippen LogP contribution in [0.4, 0.5) is 0 Å². The first-order valence-electron chi connectivity index (χ1n) is 8.07. The first kappa shape index (κ1) is 16.6. The third-order valence-electron chi connectivity index (χ3n) is 4.10. The Morgan fingerprint density at radius 1 is 1.17 bits per heavy atom. The molecule has 0 saturated carbocycles. The number of pyridine rings is 1. The molecule has 0 atom stereocenters. The van der Waals surface area contributed by atoms with Gasteiger partial charge in [-0.05, 0) is 19.9 Å². The highest BCUT2D eigenvalue weighted by molar-refractivity contribution is 5.42. The van der Waals surface area contributed by atoms with E-state index in [9.17, 15) is 0 Å². The molecule has 0 spiro atoms. The van der Waals surface area contributed by atoms with Gasteiger partial charge >= 0.3 is 0 Å². The van der Waals surface area contributed by atoms with Crippen molar-refractivity contribution >= 4 is 0 Å². The smallest absolute Gasteiger partial charge is 0.183 e. The molecule has 2 aromatic rings. The minimum absolute atomic E-state index is 0.279. The van der Waals surface area contributed by atoms with Crippen molar-refractivity contribution in [3.8, 4) is 17.2 Å². The molecular weight excluding hydrogens is 304 g/mol. The van der Waals surface area contributed by atoms with E-state index in [0.717, 1.165) is 24.5 Å². The second-order valence-corrected chi connectivity index (χ2v) is 6.61. The summed E-state index contributed by atoms with van der Waals surface area (Å²) in [5.74, 6) is 2.35. The van der Waals surface area contributed by atoms with Gasteiger partial charge in [-0.25, -0.2) is 0 Å². The van der Waals surface area contributed by atoms with Crippen molar-refractivity contribution in [3.63, 3.8) is 0 Å². The number of methoxy groups -OCH3 is 2. The number of ether oxygens (including phenoxy) is 3. The van der Waals surface area contributed by atoms with Crippen LogP contribution in [0.1, 0.15) is 25.1 Å². The van der Waals surface area contributed by atoms with E-state index >= 15 is 0 Å². The number of hydrogen-bond donors (Lipinski definition) is 0. The van der Waals surface area contributed by atoms with Crippen LogP contribution in [0.15, 0.2) is 36.5 Å². The van der Waals surface area contributed by atoms with Gasteiger partial charge in [0.25, 0.3) is 0 Å². The van der Waals surface area contributed by atoms with E-state index in [0.29, 0.717) is 18.0 Å². The van der Waals surface area contributed by atoms with Gasteiger partial charge in [0.2, 0.25) is 0 Å². The maximum absolute atomic E-state index is 6.20. The van der Waals surface area contributed by atoms with Crippen molar-refractivity contribution in [2.45, 2.75) is 32.5 Å². The molecule has 0 N–H and O–H groups in total. The molecular formula is C19H24N2O3. The lowest BCUT2D eigenvalue weighted by Crippen LogP contribution is -2.40. The molecule has 0 fully saturated rings. The highest BCUT2D eigenvalue weighted by Gasteiger charge is 2.29. The molecule has 1 aromatic heterocycles. The number of benzene rings is 1. The van der Waals surface area contributed by atoms with Crippen molar-refractivity contribution in [1.29, 1.82) is 0 Å². The molecule has 0 radical (unpaired) electrons. The maximum atomic E-state index is 6.20. The molecule has 2 heterocycles. The number of hydrogen-bond acceptors (Lipinski definition) is 5. The van der Waals surface area contributed by atoms with Gasteiger partial charge in [0.15, 0.2) is 11.5 Å². The quantitative estimate of drug-likeness (QED) is 0.862. The maximum Gasteiger partial charge on any atom is 0.183 e. The summed E-state index contributed by atoms with van der Waals surface area (Å²) in [4.78, 5) is 6.83. The SMILES string of the molecule is COc1ccnc(CN2Cc3ccccc3OC(C)(C)C2)c1OC. The zero-order valence-corrected chi connectivity index (χ0v) is 14.7. The van der Waals surface area contributed by atoms with E-state index in [-0.39, 0.29) is 5.60 Å². The Morgan fingerprint density at radius 3 is 2.71 bits per heavy atom. The molecule has 3 rings (SSSR count). The molecule has 128 valence electrons. The number of aromatic nitrogens is 1. The Labute approximate surface area is 143 Å². The fourth-order valence-corrected chi connectivity index (χ4v) is 3.19. The monoisotopic (exact) mass is 328 g/mol. The molecule has 24 heavy (non-hydrogen) atoms. The second-order valence-electron chi connectivity index (χ2n) is 6.61. The van der Waals surface area contributed by atoms with Gasteiger partial charge in [-0.2, -0.15) is 0 Å². The Bertz CT molecular complexity index is 716. The largest absolute Gasteiger partial charge is 0.493 e. The molecule has 1 aromatic carbocycles. The van der Waals surface area contributed by atoms with Crippen LogP contribution in [0.25, 0.3) is 0 Å². The minimum atomic E-state index is -0.279. The first-order chi connectivity index (χ1) is 11.5. The topological polar surface area (TPSA) is 43.8 Å². The van der Waals surface area contributed by atoms with Gasteiger partial charge in [-0.3, -0.25) is 9.88 Å². The third kappa shape index (κ3) is 3.46. The Hall–Kier alpha value is -2.27. The first-order valence-corrected chi connectivity index (χ1v) is 8.07. The predicted octanol–water partition coefficient (Wildman–Crippen LogP) is 3.27. The predicted molar refractivity (Wildman–Crippen MR) is 92.6 cm³/mol. The molecule has 1 aliphatic rings. The summed E-state index contributed by atoms with van der Waals surface area (Å²) in [7, 11) is 3.29. The van der Waals surface area contributed by atoms with Gasteiger partial charge in [0.1, 0.15) is 17.0 Å². The summed E-state index contributed by atoms with van der Waals surface area (Å²) in [5, 5.41) is 0. The Kier molecular flexibility index (Phi) is 4.62. The third-order valence-corrected chi connectivity index (χ3v) is 4.10. The Morgan fingerprint density at radius 2 is 1.96 bits per heavy atom. The molecule has 0 aliphatic carbocycles. The summed E-state index contributed by atoms with van der Waals surface area (Å²) in [6.45, 7) is 6.49. The fourth-order valence-electron chi connectivity index (χ4n) is 3.19.